The zero-order chi connectivity index (χ0) is 12.5. The van der Waals surface area contributed by atoms with Crippen molar-refractivity contribution in [1.82, 2.24) is 4.57 Å². The molecule has 88 valence electrons. The second-order valence-electron chi connectivity index (χ2n) is 5.31. The van der Waals surface area contributed by atoms with Gasteiger partial charge in [-0.25, -0.2) is 0 Å². The summed E-state index contributed by atoms with van der Waals surface area (Å²) >= 11 is 0. The highest BCUT2D eigenvalue weighted by atomic mass is 16.1. The molecule has 0 fully saturated rings. The van der Waals surface area contributed by atoms with Crippen LogP contribution in [-0.2, 0) is 5.41 Å². The van der Waals surface area contributed by atoms with E-state index in [2.05, 4.69) is 20.8 Å². The maximum Gasteiger partial charge on any atom is 0.261 e. The molecule has 0 aromatic carbocycles. The van der Waals surface area contributed by atoms with Gasteiger partial charge >= 0.3 is 0 Å². The van der Waals surface area contributed by atoms with Crippen LogP contribution < -0.4 is 5.56 Å². The second kappa shape index (κ2) is 4.24. The van der Waals surface area contributed by atoms with Gasteiger partial charge < -0.3 is 4.57 Å². The Labute approximate surface area is 96.1 Å². The highest BCUT2D eigenvalue weighted by molar-refractivity contribution is 5.74. The van der Waals surface area contributed by atoms with Gasteiger partial charge in [0.2, 0.25) is 0 Å². The molecule has 0 aliphatic carbocycles. The van der Waals surface area contributed by atoms with E-state index in [1.807, 2.05) is 19.9 Å². The Morgan fingerprint density at radius 2 is 1.81 bits per heavy atom. The first-order chi connectivity index (χ1) is 7.29. The number of nitrogens with zero attached hydrogens (tertiary/aromatic N) is 1. The quantitative estimate of drug-likeness (QED) is 0.720. The van der Waals surface area contributed by atoms with Crippen molar-refractivity contribution in [2.24, 2.45) is 0 Å². The number of pyridine rings is 1. The number of aromatic nitrogens is 1. The lowest BCUT2D eigenvalue weighted by atomic mass is 9.90. The smallest absolute Gasteiger partial charge is 0.261 e. The van der Waals surface area contributed by atoms with Crippen LogP contribution in [0.2, 0.25) is 0 Å². The van der Waals surface area contributed by atoms with E-state index in [1.165, 1.54) is 0 Å². The molecule has 1 rings (SSSR count). The molecule has 0 radical (unpaired) electrons. The van der Waals surface area contributed by atoms with Crippen LogP contribution in [0.3, 0.4) is 0 Å². The Balaban J connectivity index is 3.60. The molecule has 1 heterocycles. The number of hydrogen-bond donors (Lipinski definition) is 0. The van der Waals surface area contributed by atoms with Crippen LogP contribution in [0.15, 0.2) is 16.9 Å². The van der Waals surface area contributed by atoms with Crippen molar-refractivity contribution >= 4 is 6.29 Å². The normalized spacial score (nSPS) is 11.9. The van der Waals surface area contributed by atoms with Crippen LogP contribution in [0.1, 0.15) is 56.7 Å². The van der Waals surface area contributed by atoms with E-state index in [9.17, 15) is 9.59 Å². The molecule has 0 saturated heterocycles. The fourth-order valence-corrected chi connectivity index (χ4v) is 1.78. The predicted molar refractivity (Wildman–Crippen MR) is 65.2 cm³/mol. The van der Waals surface area contributed by atoms with Gasteiger partial charge in [-0.1, -0.05) is 20.8 Å². The Bertz CT molecular complexity index is 450. The van der Waals surface area contributed by atoms with E-state index in [0.29, 0.717) is 6.29 Å². The molecule has 0 atom stereocenters. The Kier molecular flexibility index (Phi) is 3.36. The van der Waals surface area contributed by atoms with Gasteiger partial charge in [-0.15, -0.1) is 0 Å². The SMILES string of the molecule is CC(C)n1c(C(C)(C)C)ccc(C=O)c1=O. The van der Waals surface area contributed by atoms with Crippen molar-refractivity contribution in [2.45, 2.75) is 46.1 Å². The minimum Gasteiger partial charge on any atom is -0.309 e. The fourth-order valence-electron chi connectivity index (χ4n) is 1.78. The molecule has 0 bridgehead atoms. The summed E-state index contributed by atoms with van der Waals surface area (Å²) in [5.74, 6) is 0. The summed E-state index contributed by atoms with van der Waals surface area (Å²) in [4.78, 5) is 22.8. The molecule has 0 unspecified atom stereocenters. The van der Waals surface area contributed by atoms with E-state index in [1.54, 1.807) is 10.6 Å². The van der Waals surface area contributed by atoms with E-state index in [-0.39, 0.29) is 22.6 Å². The van der Waals surface area contributed by atoms with Crippen LogP contribution in [0.4, 0.5) is 0 Å². The average Bonchev–Trinajstić information content (AvgIpc) is 2.15. The fraction of sp³-hybridized carbons (Fsp3) is 0.538. The van der Waals surface area contributed by atoms with Crippen LogP contribution in [0, 0.1) is 0 Å². The lowest BCUT2D eigenvalue weighted by Gasteiger charge is -2.26. The van der Waals surface area contributed by atoms with Crippen LogP contribution in [0.25, 0.3) is 0 Å². The van der Waals surface area contributed by atoms with Crippen molar-refractivity contribution in [3.8, 4) is 0 Å². The molecule has 0 aliphatic heterocycles. The van der Waals surface area contributed by atoms with E-state index < -0.39 is 0 Å². The lowest BCUT2D eigenvalue weighted by molar-refractivity contribution is 0.112. The molecule has 1 aromatic rings. The van der Waals surface area contributed by atoms with Crippen LogP contribution >= 0.6 is 0 Å². The molecular weight excluding hydrogens is 202 g/mol. The van der Waals surface area contributed by atoms with Crippen LogP contribution in [-0.4, -0.2) is 10.9 Å². The van der Waals surface area contributed by atoms with Gasteiger partial charge in [0.15, 0.2) is 6.29 Å². The Hall–Kier alpha value is -1.38. The highest BCUT2D eigenvalue weighted by Crippen LogP contribution is 2.23. The van der Waals surface area contributed by atoms with Gasteiger partial charge in [0.1, 0.15) is 0 Å². The van der Waals surface area contributed by atoms with Gasteiger partial charge in [-0.2, -0.15) is 0 Å². The topological polar surface area (TPSA) is 39.1 Å². The number of aldehydes is 1. The Morgan fingerprint density at radius 1 is 1.25 bits per heavy atom. The largest absolute Gasteiger partial charge is 0.309 e. The number of carbonyl (C=O) groups is 1. The summed E-state index contributed by atoms with van der Waals surface area (Å²) in [6.07, 6.45) is 0.619. The van der Waals surface area contributed by atoms with Gasteiger partial charge in [-0.3, -0.25) is 9.59 Å². The summed E-state index contributed by atoms with van der Waals surface area (Å²) in [6.45, 7) is 10.1. The molecule has 0 spiro atoms. The van der Waals surface area contributed by atoms with Crippen molar-refractivity contribution in [3.05, 3.63) is 33.7 Å². The van der Waals surface area contributed by atoms with Gasteiger partial charge in [0.05, 0.1) is 5.56 Å². The van der Waals surface area contributed by atoms with Crippen LogP contribution in [0.5, 0.6) is 0 Å². The zero-order valence-electron chi connectivity index (χ0n) is 10.6. The molecular formula is C13H19NO2. The van der Waals surface area contributed by atoms with Gasteiger partial charge in [-0.05, 0) is 26.0 Å². The molecule has 0 saturated carbocycles. The van der Waals surface area contributed by atoms with Crippen molar-refractivity contribution in [1.29, 1.82) is 0 Å². The maximum atomic E-state index is 12.0. The number of hydrogen-bond acceptors (Lipinski definition) is 2. The highest BCUT2D eigenvalue weighted by Gasteiger charge is 2.21. The summed E-state index contributed by atoms with van der Waals surface area (Å²) in [5.41, 5.74) is 0.877. The number of rotatable bonds is 2. The third-order valence-corrected chi connectivity index (χ3v) is 2.56. The third kappa shape index (κ3) is 2.23. The van der Waals surface area contributed by atoms with Gasteiger partial charge in [0.25, 0.3) is 5.56 Å². The van der Waals surface area contributed by atoms with Crippen molar-refractivity contribution < 1.29 is 4.79 Å². The monoisotopic (exact) mass is 221 g/mol. The summed E-state index contributed by atoms with van der Waals surface area (Å²) in [5, 5.41) is 0. The number of carbonyl (C=O) groups excluding carboxylic acids is 1. The molecule has 1 aromatic heterocycles. The first-order valence-electron chi connectivity index (χ1n) is 5.50. The van der Waals surface area contributed by atoms with E-state index in [0.717, 1.165) is 5.69 Å². The van der Waals surface area contributed by atoms with E-state index >= 15 is 0 Å². The second-order valence-corrected chi connectivity index (χ2v) is 5.31. The minimum atomic E-state index is -0.197. The maximum absolute atomic E-state index is 12.0. The lowest BCUT2D eigenvalue weighted by Crippen LogP contribution is -2.32. The molecule has 0 amide bonds. The first-order valence-corrected chi connectivity index (χ1v) is 5.50. The third-order valence-electron chi connectivity index (χ3n) is 2.56. The van der Waals surface area contributed by atoms with E-state index in [4.69, 9.17) is 0 Å². The molecule has 3 heteroatoms. The molecule has 0 N–H and O–H groups in total. The minimum absolute atomic E-state index is 0.0571. The molecule has 0 aliphatic rings. The zero-order valence-corrected chi connectivity index (χ0v) is 10.6. The summed E-state index contributed by atoms with van der Waals surface area (Å²) in [6, 6.07) is 3.53. The summed E-state index contributed by atoms with van der Waals surface area (Å²) in [7, 11) is 0. The van der Waals surface area contributed by atoms with Crippen molar-refractivity contribution in [2.75, 3.05) is 0 Å². The molecule has 16 heavy (non-hydrogen) atoms. The first kappa shape index (κ1) is 12.7. The molecule has 3 nitrogen and oxygen atoms in total. The average molecular weight is 221 g/mol. The summed E-state index contributed by atoms with van der Waals surface area (Å²) < 4.78 is 1.70. The van der Waals surface area contributed by atoms with Gasteiger partial charge in [0, 0.05) is 17.2 Å². The Morgan fingerprint density at radius 3 is 2.19 bits per heavy atom. The van der Waals surface area contributed by atoms with Crippen molar-refractivity contribution in [3.63, 3.8) is 0 Å². The predicted octanol–water partition coefficient (Wildman–Crippen LogP) is 2.54. The standard InChI is InChI=1S/C13H19NO2/c1-9(2)14-11(13(3,4)5)7-6-10(8-15)12(14)16/h6-9H,1-5H3.